The van der Waals surface area contributed by atoms with Gasteiger partial charge < -0.3 is 10.2 Å². The van der Waals surface area contributed by atoms with Crippen molar-refractivity contribution in [3.63, 3.8) is 0 Å². The minimum absolute atomic E-state index is 0.159. The quantitative estimate of drug-likeness (QED) is 0.162. The lowest BCUT2D eigenvalue weighted by Crippen LogP contribution is -2.09. The van der Waals surface area contributed by atoms with Crippen LogP contribution in [0, 0.1) is 20.2 Å². The zero-order chi connectivity index (χ0) is 27.1. The normalized spacial score (nSPS) is 12.9. The Morgan fingerprint density at radius 3 is 1.32 bits per heavy atom. The van der Waals surface area contributed by atoms with Crippen molar-refractivity contribution in [3.8, 4) is 11.5 Å². The maximum Gasteiger partial charge on any atom is 0.270 e. The minimum atomic E-state index is -0.658. The van der Waals surface area contributed by atoms with Crippen molar-refractivity contribution >= 4 is 23.8 Å². The second kappa shape index (κ2) is 11.6. The maximum atomic E-state index is 11.2. The van der Waals surface area contributed by atoms with Crippen molar-refractivity contribution in [1.29, 1.82) is 0 Å². The molecule has 0 fully saturated rings. The summed E-state index contributed by atoms with van der Waals surface area (Å²) in [5.74, 6) is -0.347. The number of phenolic OH excluding ortho intramolecular Hbond substituents is 2. The molecule has 2 N–H and O–H groups in total. The molecule has 2 atom stereocenters. The molecule has 0 bridgehead atoms. The van der Waals surface area contributed by atoms with Crippen molar-refractivity contribution in [1.82, 2.24) is 0 Å². The highest BCUT2D eigenvalue weighted by molar-refractivity contribution is 5.85. The molecule has 0 spiro atoms. The lowest BCUT2D eigenvalue weighted by molar-refractivity contribution is -0.385. The fourth-order valence-corrected chi connectivity index (χ4v) is 3.84. The second-order valence-electron chi connectivity index (χ2n) is 8.27. The van der Waals surface area contributed by atoms with Gasteiger partial charge in [0.25, 0.3) is 11.4 Å². The van der Waals surface area contributed by atoms with Gasteiger partial charge in [0, 0.05) is 47.8 Å². The van der Waals surface area contributed by atoms with Crippen molar-refractivity contribution in [2.75, 3.05) is 0 Å². The molecule has 4 aromatic carbocycles. The number of hydrogen-bond acceptors (Lipinski definition) is 8. The van der Waals surface area contributed by atoms with Crippen LogP contribution >= 0.6 is 0 Å². The van der Waals surface area contributed by atoms with Crippen molar-refractivity contribution in [2.45, 2.75) is 12.1 Å². The average Bonchev–Trinajstić information content (AvgIpc) is 2.93. The molecule has 0 saturated carbocycles. The van der Waals surface area contributed by atoms with E-state index >= 15 is 0 Å². The van der Waals surface area contributed by atoms with E-state index in [1.54, 1.807) is 0 Å². The van der Waals surface area contributed by atoms with Crippen LogP contribution in [0.2, 0.25) is 0 Å². The number of rotatable bonds is 9. The summed E-state index contributed by atoms with van der Waals surface area (Å²) in [6.07, 6.45) is 2.71. The fourth-order valence-electron chi connectivity index (χ4n) is 3.84. The van der Waals surface area contributed by atoms with E-state index in [4.69, 9.17) is 9.98 Å². The first-order valence-corrected chi connectivity index (χ1v) is 11.4. The maximum absolute atomic E-state index is 11.2. The molecule has 10 nitrogen and oxygen atoms in total. The van der Waals surface area contributed by atoms with Crippen LogP contribution in [-0.2, 0) is 0 Å². The first-order valence-electron chi connectivity index (χ1n) is 11.4. The molecule has 4 aromatic rings. The Balaban J connectivity index is 1.82. The molecule has 38 heavy (non-hydrogen) atoms. The first-order chi connectivity index (χ1) is 18.3. The van der Waals surface area contributed by atoms with E-state index in [2.05, 4.69) is 0 Å². The number of nitrogens with zero attached hydrogens (tertiary/aromatic N) is 4. The highest BCUT2D eigenvalue weighted by atomic mass is 16.6. The van der Waals surface area contributed by atoms with Crippen LogP contribution in [0.15, 0.2) is 107 Å². The third kappa shape index (κ3) is 6.05. The van der Waals surface area contributed by atoms with E-state index in [1.165, 1.54) is 48.8 Å². The molecular formula is C28H22N4O6. The Morgan fingerprint density at radius 2 is 0.974 bits per heavy atom. The van der Waals surface area contributed by atoms with Crippen molar-refractivity contribution < 1.29 is 20.1 Å². The Labute approximate surface area is 217 Å². The highest BCUT2D eigenvalue weighted by Gasteiger charge is 2.24. The van der Waals surface area contributed by atoms with Gasteiger partial charge >= 0.3 is 0 Å². The number of nitro benzene ring substituents is 2. The van der Waals surface area contributed by atoms with Crippen molar-refractivity contribution in [2.24, 2.45) is 9.98 Å². The molecule has 0 aliphatic rings. The zero-order valence-electron chi connectivity index (χ0n) is 19.9. The average molecular weight is 511 g/mol. The third-order valence-corrected chi connectivity index (χ3v) is 5.77. The topological polar surface area (TPSA) is 151 Å². The lowest BCUT2D eigenvalue weighted by Gasteiger charge is -2.22. The fraction of sp³-hybridized carbons (Fsp3) is 0.0714. The summed E-state index contributed by atoms with van der Waals surface area (Å²) in [7, 11) is 0. The Bertz CT molecular complexity index is 1390. The Morgan fingerprint density at radius 1 is 0.605 bits per heavy atom. The molecule has 0 radical (unpaired) electrons. The van der Waals surface area contributed by atoms with E-state index < -0.39 is 21.9 Å². The molecule has 0 aliphatic heterocycles. The van der Waals surface area contributed by atoms with Crippen LogP contribution < -0.4 is 0 Å². The standard InChI is InChI=1S/C28H22N4O6/c33-25-13-11-23(31(35)36)15-21(25)17-29-27(19-7-3-1-4-8-19)28(20-9-5-2-6-10-20)30-18-22-16-24(32(37)38)12-14-26(22)34/h1-18,27-28,33-34H/t27-,28-/m0/s1. The van der Waals surface area contributed by atoms with Gasteiger partial charge in [-0.05, 0) is 23.3 Å². The molecule has 0 heterocycles. The molecule has 0 aliphatic carbocycles. The van der Waals surface area contributed by atoms with Gasteiger partial charge in [-0.2, -0.15) is 0 Å². The first kappa shape index (κ1) is 25.7. The SMILES string of the molecule is O=[N+]([O-])c1ccc(O)c(C=N[C@@H](c2ccccc2)[C@@H](N=Cc2cc([N+](=O)[O-])ccc2O)c2ccccc2)c1. The number of aliphatic imine (C=N–C) groups is 2. The number of aromatic hydroxyl groups is 2. The summed E-state index contributed by atoms with van der Waals surface area (Å²) in [6, 6.07) is 24.4. The monoisotopic (exact) mass is 510 g/mol. The lowest BCUT2D eigenvalue weighted by atomic mass is 9.94. The number of benzene rings is 4. The molecule has 0 aromatic heterocycles. The van der Waals surface area contributed by atoms with E-state index in [1.807, 2.05) is 60.7 Å². The van der Waals surface area contributed by atoms with E-state index in [-0.39, 0.29) is 34.0 Å². The number of hydrogen-bond donors (Lipinski definition) is 2. The number of non-ortho nitro benzene ring substituents is 2. The van der Waals surface area contributed by atoms with Crippen LogP contribution in [0.25, 0.3) is 0 Å². The molecule has 190 valence electrons. The summed E-state index contributed by atoms with van der Waals surface area (Å²) in [6.45, 7) is 0. The van der Waals surface area contributed by atoms with E-state index in [9.17, 15) is 30.4 Å². The van der Waals surface area contributed by atoms with Gasteiger partial charge in [-0.15, -0.1) is 0 Å². The summed E-state index contributed by atoms with van der Waals surface area (Å²) in [5.41, 5.74) is 1.46. The van der Waals surface area contributed by atoms with Crippen LogP contribution in [-0.4, -0.2) is 32.5 Å². The largest absolute Gasteiger partial charge is 0.507 e. The Hall–Kier alpha value is -5.38. The van der Waals surface area contributed by atoms with E-state index in [0.717, 1.165) is 11.1 Å². The zero-order valence-corrected chi connectivity index (χ0v) is 19.9. The molecule has 4 rings (SSSR count). The van der Waals surface area contributed by atoms with Crippen LogP contribution in [0.4, 0.5) is 11.4 Å². The summed E-state index contributed by atoms with van der Waals surface area (Å²) in [4.78, 5) is 30.7. The van der Waals surface area contributed by atoms with Crippen LogP contribution in [0.1, 0.15) is 34.3 Å². The number of phenols is 2. The van der Waals surface area contributed by atoms with Gasteiger partial charge in [0.2, 0.25) is 0 Å². The highest BCUT2D eigenvalue weighted by Crippen LogP contribution is 2.36. The van der Waals surface area contributed by atoms with Gasteiger partial charge in [-0.3, -0.25) is 30.2 Å². The van der Waals surface area contributed by atoms with Gasteiger partial charge in [-0.25, -0.2) is 0 Å². The smallest absolute Gasteiger partial charge is 0.270 e. The molecule has 0 amide bonds. The van der Waals surface area contributed by atoms with E-state index in [0.29, 0.717) is 0 Å². The predicted molar refractivity (Wildman–Crippen MR) is 143 cm³/mol. The second-order valence-corrected chi connectivity index (χ2v) is 8.27. The van der Waals surface area contributed by atoms with Gasteiger partial charge in [0.15, 0.2) is 0 Å². The molecule has 0 unspecified atom stereocenters. The summed E-state index contributed by atoms with van der Waals surface area (Å²) in [5, 5.41) is 43.0. The molecular weight excluding hydrogens is 488 g/mol. The number of nitro groups is 2. The predicted octanol–water partition coefficient (Wildman–Crippen LogP) is 5.93. The van der Waals surface area contributed by atoms with Crippen LogP contribution in [0.3, 0.4) is 0 Å². The van der Waals surface area contributed by atoms with Gasteiger partial charge in [-0.1, -0.05) is 60.7 Å². The minimum Gasteiger partial charge on any atom is -0.507 e. The van der Waals surface area contributed by atoms with Gasteiger partial charge in [0.1, 0.15) is 23.6 Å². The molecule has 0 saturated heterocycles. The van der Waals surface area contributed by atoms with Gasteiger partial charge in [0.05, 0.1) is 9.85 Å². The third-order valence-electron chi connectivity index (χ3n) is 5.77. The molecule has 10 heteroatoms. The summed E-state index contributed by atoms with van der Waals surface area (Å²) >= 11 is 0. The van der Waals surface area contributed by atoms with Crippen LogP contribution in [0.5, 0.6) is 11.5 Å². The Kier molecular flexibility index (Phi) is 7.83. The van der Waals surface area contributed by atoms with Crippen molar-refractivity contribution in [3.05, 3.63) is 140 Å². The summed E-state index contributed by atoms with van der Waals surface area (Å²) < 4.78 is 0.